The van der Waals surface area contributed by atoms with Crippen molar-refractivity contribution in [1.29, 1.82) is 0 Å². The van der Waals surface area contributed by atoms with E-state index >= 15 is 0 Å². The molecule has 0 radical (unpaired) electrons. The molecule has 2 aliphatic heterocycles. The zero-order chi connectivity index (χ0) is 25.1. The Hall–Kier alpha value is -3.42. The fourth-order valence-electron chi connectivity index (χ4n) is 5.62. The number of hydrogen-bond donors (Lipinski definition) is 0. The molecule has 8 nitrogen and oxygen atoms in total. The van der Waals surface area contributed by atoms with Gasteiger partial charge in [0.15, 0.2) is 17.3 Å². The van der Waals surface area contributed by atoms with Crippen LogP contribution in [0.15, 0.2) is 40.9 Å². The molecule has 186 valence electrons. The van der Waals surface area contributed by atoms with Gasteiger partial charge in [-0.1, -0.05) is 19.9 Å². The molecule has 0 N–H and O–H groups in total. The first-order valence-electron chi connectivity index (χ1n) is 11.8. The van der Waals surface area contributed by atoms with Crippen LogP contribution in [0.5, 0.6) is 17.2 Å². The van der Waals surface area contributed by atoms with E-state index in [4.69, 9.17) is 28.4 Å². The number of methoxy groups -OCH3 is 2. The van der Waals surface area contributed by atoms with Crippen molar-refractivity contribution in [3.8, 4) is 17.2 Å². The molecule has 2 heterocycles. The van der Waals surface area contributed by atoms with Gasteiger partial charge in [0.1, 0.15) is 18.1 Å². The molecule has 8 heteroatoms. The zero-order valence-electron chi connectivity index (χ0n) is 20.9. The molecule has 4 atom stereocenters. The van der Waals surface area contributed by atoms with E-state index in [2.05, 4.69) is 13.8 Å². The van der Waals surface area contributed by atoms with Gasteiger partial charge in [-0.2, -0.15) is 0 Å². The van der Waals surface area contributed by atoms with Crippen LogP contribution in [0, 0.1) is 11.8 Å². The first kappa shape index (κ1) is 23.3. The van der Waals surface area contributed by atoms with Crippen LogP contribution < -0.4 is 14.2 Å². The topological polar surface area (TPSA) is 89.5 Å². The van der Waals surface area contributed by atoms with E-state index in [1.807, 2.05) is 6.07 Å². The first-order chi connectivity index (χ1) is 16.8. The van der Waals surface area contributed by atoms with E-state index in [1.165, 1.54) is 14.2 Å². The number of fused-ring (bicyclic) bond motifs is 2. The van der Waals surface area contributed by atoms with E-state index in [0.717, 1.165) is 16.7 Å². The number of rotatable bonds is 4. The van der Waals surface area contributed by atoms with Gasteiger partial charge in [-0.25, -0.2) is 4.79 Å². The van der Waals surface area contributed by atoms with Crippen LogP contribution in [-0.2, 0) is 29.2 Å². The number of ketones is 1. The molecule has 0 fully saturated rings. The maximum atomic E-state index is 13.0. The number of carbonyl (C=O) groups excluding carboxylic acids is 2. The fourth-order valence-corrected chi connectivity index (χ4v) is 5.62. The Morgan fingerprint density at radius 3 is 2.60 bits per heavy atom. The van der Waals surface area contributed by atoms with Crippen LogP contribution in [0.1, 0.15) is 51.3 Å². The Morgan fingerprint density at radius 2 is 1.91 bits per heavy atom. The third-order valence-electron chi connectivity index (χ3n) is 7.80. The van der Waals surface area contributed by atoms with Crippen molar-refractivity contribution in [3.05, 3.63) is 52.0 Å². The summed E-state index contributed by atoms with van der Waals surface area (Å²) in [6.07, 6.45) is 3.38. The second-order valence-electron chi connectivity index (χ2n) is 9.54. The number of allylic oxidation sites excluding steroid dienone is 2. The van der Waals surface area contributed by atoms with Crippen molar-refractivity contribution in [2.24, 2.45) is 11.8 Å². The van der Waals surface area contributed by atoms with Crippen LogP contribution in [0.2, 0.25) is 0 Å². The predicted molar refractivity (Wildman–Crippen MR) is 125 cm³/mol. The lowest BCUT2D eigenvalue weighted by Gasteiger charge is -2.42. The second kappa shape index (κ2) is 8.36. The molecule has 35 heavy (non-hydrogen) atoms. The molecule has 0 amide bonds. The van der Waals surface area contributed by atoms with Gasteiger partial charge in [-0.3, -0.25) is 4.79 Å². The van der Waals surface area contributed by atoms with E-state index in [1.54, 1.807) is 26.0 Å². The standard InChI is InChI=1S/C27H30O8/c1-7-13(2)26(29)35-21-15(4)14(3)8-16-9-18(28)22(30-5)25(31-6)27(16)11-32-24-20(27)17(21)10-19-23(24)34-12-33-19/h7,9-10,14-15,21H,8,11-12H2,1-6H3/b13-7+. The second-order valence-corrected chi connectivity index (χ2v) is 9.54. The number of carbonyl (C=O) groups is 2. The van der Waals surface area contributed by atoms with E-state index in [-0.39, 0.29) is 42.7 Å². The minimum absolute atomic E-state index is 0.0627. The lowest BCUT2D eigenvalue weighted by atomic mass is 9.62. The Bertz CT molecular complexity index is 1210. The summed E-state index contributed by atoms with van der Waals surface area (Å²) >= 11 is 0. The SMILES string of the molecule is C/C=C(\C)C(=O)OC1c2cc3c(c4c2C2(CO4)C(=CC(=O)C(OC)=C2OC)CC(C)C1C)OCO3. The highest BCUT2D eigenvalue weighted by atomic mass is 16.7. The maximum Gasteiger partial charge on any atom is 0.333 e. The monoisotopic (exact) mass is 482 g/mol. The van der Waals surface area contributed by atoms with Gasteiger partial charge in [0, 0.05) is 22.6 Å². The van der Waals surface area contributed by atoms with Crippen molar-refractivity contribution in [1.82, 2.24) is 0 Å². The molecule has 0 aromatic heterocycles. The largest absolute Gasteiger partial charge is 0.496 e. The summed E-state index contributed by atoms with van der Waals surface area (Å²) in [4.78, 5) is 26.0. The normalized spacial score (nSPS) is 28.9. The van der Waals surface area contributed by atoms with Gasteiger partial charge in [0.05, 0.1) is 14.2 Å². The van der Waals surface area contributed by atoms with Gasteiger partial charge in [-0.15, -0.1) is 0 Å². The van der Waals surface area contributed by atoms with E-state index in [0.29, 0.717) is 35.0 Å². The summed E-state index contributed by atoms with van der Waals surface area (Å²) in [6, 6.07) is 1.88. The summed E-state index contributed by atoms with van der Waals surface area (Å²) < 4.78 is 35.4. The minimum atomic E-state index is -0.922. The molecule has 4 aliphatic rings. The van der Waals surface area contributed by atoms with Gasteiger partial charge < -0.3 is 28.4 Å². The number of esters is 1. The lowest BCUT2D eigenvalue weighted by Crippen LogP contribution is -2.42. The summed E-state index contributed by atoms with van der Waals surface area (Å²) in [6.45, 7) is 7.96. The number of hydrogen-bond acceptors (Lipinski definition) is 8. The van der Waals surface area contributed by atoms with Gasteiger partial charge >= 0.3 is 5.97 Å². The smallest absolute Gasteiger partial charge is 0.333 e. The Labute approximate surface area is 204 Å². The molecule has 2 aliphatic carbocycles. The number of ether oxygens (including phenoxy) is 6. The van der Waals surface area contributed by atoms with Crippen molar-refractivity contribution in [2.45, 2.75) is 45.6 Å². The van der Waals surface area contributed by atoms with Crippen molar-refractivity contribution in [3.63, 3.8) is 0 Å². The summed E-state index contributed by atoms with van der Waals surface area (Å²) in [5, 5.41) is 0. The Kier molecular flexibility index (Phi) is 5.57. The Morgan fingerprint density at radius 1 is 1.14 bits per heavy atom. The molecule has 4 unspecified atom stereocenters. The van der Waals surface area contributed by atoms with Crippen LogP contribution in [0.4, 0.5) is 0 Å². The highest BCUT2D eigenvalue weighted by Crippen LogP contribution is 2.62. The highest BCUT2D eigenvalue weighted by molar-refractivity contribution is 6.05. The molecule has 1 aromatic carbocycles. The Balaban J connectivity index is 1.83. The van der Waals surface area contributed by atoms with Crippen LogP contribution in [0.3, 0.4) is 0 Å². The van der Waals surface area contributed by atoms with Crippen molar-refractivity contribution in [2.75, 3.05) is 27.6 Å². The lowest BCUT2D eigenvalue weighted by molar-refractivity contribution is -0.148. The summed E-state index contributed by atoms with van der Waals surface area (Å²) in [5.41, 5.74) is 2.00. The summed E-state index contributed by atoms with van der Waals surface area (Å²) in [5.74, 6) is 1.45. The fraction of sp³-hybridized carbons (Fsp3) is 0.481. The van der Waals surface area contributed by atoms with Crippen LogP contribution in [0.25, 0.3) is 0 Å². The first-order valence-corrected chi connectivity index (χ1v) is 11.8. The molecular formula is C27H30O8. The molecular weight excluding hydrogens is 452 g/mol. The van der Waals surface area contributed by atoms with E-state index < -0.39 is 11.5 Å². The quantitative estimate of drug-likeness (QED) is 0.464. The molecule has 1 spiro atoms. The van der Waals surface area contributed by atoms with Crippen LogP contribution >= 0.6 is 0 Å². The van der Waals surface area contributed by atoms with Crippen LogP contribution in [-0.4, -0.2) is 39.4 Å². The maximum absolute atomic E-state index is 13.0. The molecule has 1 aromatic rings. The molecule has 5 rings (SSSR count). The van der Waals surface area contributed by atoms with Gasteiger partial charge in [-0.05, 0) is 43.9 Å². The number of benzene rings is 1. The average molecular weight is 483 g/mol. The van der Waals surface area contributed by atoms with E-state index in [9.17, 15) is 9.59 Å². The zero-order valence-corrected chi connectivity index (χ0v) is 20.9. The average Bonchev–Trinajstić information content (AvgIpc) is 3.47. The third-order valence-corrected chi connectivity index (χ3v) is 7.80. The summed E-state index contributed by atoms with van der Waals surface area (Å²) in [7, 11) is 2.98. The van der Waals surface area contributed by atoms with Crippen molar-refractivity contribution >= 4 is 11.8 Å². The predicted octanol–water partition coefficient (Wildman–Crippen LogP) is 4.29. The molecule has 0 saturated heterocycles. The highest BCUT2D eigenvalue weighted by Gasteiger charge is 2.58. The van der Waals surface area contributed by atoms with Gasteiger partial charge in [0.25, 0.3) is 0 Å². The third kappa shape index (κ3) is 3.18. The van der Waals surface area contributed by atoms with Gasteiger partial charge in [0.2, 0.25) is 24.1 Å². The van der Waals surface area contributed by atoms with Crippen molar-refractivity contribution < 1.29 is 38.0 Å². The molecule has 0 saturated carbocycles. The minimum Gasteiger partial charge on any atom is -0.496 e. The molecule has 0 bridgehead atoms.